The first kappa shape index (κ1) is 15.4. The molecular formula is C19H31N. The Hall–Kier alpha value is -0.980. The molecule has 1 aromatic carbocycles. The van der Waals surface area contributed by atoms with Crippen LogP contribution in [0.4, 0.5) is 5.69 Å². The SMILES string of the molecule is CCCCCc1ccc(NC2CCC(C)C(C)C2)cc1. The van der Waals surface area contributed by atoms with Crippen LogP contribution in [0.2, 0.25) is 0 Å². The minimum absolute atomic E-state index is 0.673. The van der Waals surface area contributed by atoms with E-state index in [2.05, 4.69) is 50.4 Å². The number of unbranched alkanes of at least 4 members (excludes halogenated alkanes) is 2. The lowest BCUT2D eigenvalue weighted by Crippen LogP contribution is -2.30. The standard InChI is InChI=1S/C19H31N/c1-4-5-6-7-17-9-12-18(13-10-17)20-19-11-8-15(2)16(3)14-19/h9-10,12-13,15-16,19-20H,4-8,11,14H2,1-3H3. The molecule has 1 aliphatic carbocycles. The highest BCUT2D eigenvalue weighted by Gasteiger charge is 2.24. The zero-order chi connectivity index (χ0) is 14.4. The van der Waals surface area contributed by atoms with E-state index in [9.17, 15) is 0 Å². The second-order valence-corrected chi connectivity index (χ2v) is 6.76. The van der Waals surface area contributed by atoms with Crippen LogP contribution in [-0.2, 0) is 6.42 Å². The summed E-state index contributed by atoms with van der Waals surface area (Å²) in [4.78, 5) is 0. The van der Waals surface area contributed by atoms with Crippen molar-refractivity contribution in [3.63, 3.8) is 0 Å². The van der Waals surface area contributed by atoms with Gasteiger partial charge in [0.1, 0.15) is 0 Å². The zero-order valence-electron chi connectivity index (χ0n) is 13.5. The highest BCUT2D eigenvalue weighted by molar-refractivity contribution is 5.45. The Morgan fingerprint density at radius 1 is 1.00 bits per heavy atom. The largest absolute Gasteiger partial charge is 0.382 e. The van der Waals surface area contributed by atoms with Crippen molar-refractivity contribution in [2.45, 2.75) is 71.8 Å². The first-order valence-corrected chi connectivity index (χ1v) is 8.54. The summed E-state index contributed by atoms with van der Waals surface area (Å²) in [6.45, 7) is 7.06. The van der Waals surface area contributed by atoms with Crippen molar-refractivity contribution < 1.29 is 0 Å². The van der Waals surface area contributed by atoms with Crippen LogP contribution in [0.1, 0.15) is 64.9 Å². The summed E-state index contributed by atoms with van der Waals surface area (Å²) in [5.74, 6) is 1.75. The molecule has 0 heterocycles. The van der Waals surface area contributed by atoms with Crippen molar-refractivity contribution in [3.05, 3.63) is 29.8 Å². The number of hydrogen-bond donors (Lipinski definition) is 1. The summed E-state index contributed by atoms with van der Waals surface area (Å²) in [6, 6.07) is 9.81. The van der Waals surface area contributed by atoms with Gasteiger partial charge >= 0.3 is 0 Å². The summed E-state index contributed by atoms with van der Waals surface area (Å²) in [7, 11) is 0. The van der Waals surface area contributed by atoms with Crippen molar-refractivity contribution in [2.24, 2.45) is 11.8 Å². The normalized spacial score (nSPS) is 26.4. The Kier molecular flexibility index (Phi) is 5.94. The number of rotatable bonds is 6. The van der Waals surface area contributed by atoms with Gasteiger partial charge in [-0.1, -0.05) is 45.7 Å². The third-order valence-electron chi connectivity index (χ3n) is 4.99. The molecule has 112 valence electrons. The molecule has 0 aliphatic heterocycles. The lowest BCUT2D eigenvalue weighted by Gasteiger charge is -2.33. The lowest BCUT2D eigenvalue weighted by molar-refractivity contribution is 0.261. The molecular weight excluding hydrogens is 242 g/mol. The van der Waals surface area contributed by atoms with Crippen LogP contribution >= 0.6 is 0 Å². The smallest absolute Gasteiger partial charge is 0.0342 e. The molecule has 0 saturated heterocycles. The quantitative estimate of drug-likeness (QED) is 0.660. The Bertz CT molecular complexity index is 381. The fourth-order valence-corrected chi connectivity index (χ4v) is 3.26. The molecule has 1 fully saturated rings. The van der Waals surface area contributed by atoms with Gasteiger partial charge in [0, 0.05) is 11.7 Å². The van der Waals surface area contributed by atoms with Gasteiger partial charge in [-0.25, -0.2) is 0 Å². The van der Waals surface area contributed by atoms with Gasteiger partial charge in [-0.15, -0.1) is 0 Å². The molecule has 1 heteroatoms. The van der Waals surface area contributed by atoms with Crippen LogP contribution in [-0.4, -0.2) is 6.04 Å². The average Bonchev–Trinajstić information content (AvgIpc) is 2.45. The molecule has 2 rings (SSSR count). The zero-order valence-corrected chi connectivity index (χ0v) is 13.5. The molecule has 0 bridgehead atoms. The van der Waals surface area contributed by atoms with Gasteiger partial charge in [0.25, 0.3) is 0 Å². The van der Waals surface area contributed by atoms with Crippen LogP contribution in [0.15, 0.2) is 24.3 Å². The maximum absolute atomic E-state index is 3.73. The molecule has 1 nitrogen and oxygen atoms in total. The molecule has 0 aromatic heterocycles. The van der Waals surface area contributed by atoms with E-state index in [0.29, 0.717) is 6.04 Å². The number of aryl methyl sites for hydroxylation is 1. The fourth-order valence-electron chi connectivity index (χ4n) is 3.26. The predicted molar refractivity (Wildman–Crippen MR) is 89.3 cm³/mol. The van der Waals surface area contributed by atoms with Gasteiger partial charge in [0.2, 0.25) is 0 Å². The molecule has 20 heavy (non-hydrogen) atoms. The molecule has 1 saturated carbocycles. The van der Waals surface area contributed by atoms with Crippen molar-refractivity contribution in [1.29, 1.82) is 0 Å². The van der Waals surface area contributed by atoms with E-state index in [0.717, 1.165) is 11.8 Å². The highest BCUT2D eigenvalue weighted by Crippen LogP contribution is 2.31. The molecule has 1 N–H and O–H groups in total. The molecule has 3 unspecified atom stereocenters. The Morgan fingerprint density at radius 3 is 2.40 bits per heavy atom. The van der Waals surface area contributed by atoms with E-state index in [1.807, 2.05) is 0 Å². The number of anilines is 1. The van der Waals surface area contributed by atoms with Crippen LogP contribution in [0, 0.1) is 11.8 Å². The van der Waals surface area contributed by atoms with Gasteiger partial charge in [-0.05, 0) is 61.6 Å². The van der Waals surface area contributed by atoms with E-state index < -0.39 is 0 Å². The van der Waals surface area contributed by atoms with Gasteiger partial charge in [0.15, 0.2) is 0 Å². The van der Waals surface area contributed by atoms with Gasteiger partial charge in [-0.2, -0.15) is 0 Å². The summed E-state index contributed by atoms with van der Waals surface area (Å²) in [5.41, 5.74) is 2.78. The Morgan fingerprint density at radius 2 is 1.75 bits per heavy atom. The number of nitrogens with one attached hydrogen (secondary N) is 1. The van der Waals surface area contributed by atoms with Gasteiger partial charge < -0.3 is 5.32 Å². The van der Waals surface area contributed by atoms with E-state index >= 15 is 0 Å². The Balaban J connectivity index is 1.81. The predicted octanol–water partition coefficient (Wildman–Crippen LogP) is 5.66. The monoisotopic (exact) mass is 273 g/mol. The van der Waals surface area contributed by atoms with Crippen molar-refractivity contribution in [3.8, 4) is 0 Å². The molecule has 1 aliphatic rings. The van der Waals surface area contributed by atoms with Crippen LogP contribution in [0.25, 0.3) is 0 Å². The van der Waals surface area contributed by atoms with Gasteiger partial charge in [0.05, 0.1) is 0 Å². The van der Waals surface area contributed by atoms with Crippen LogP contribution in [0.3, 0.4) is 0 Å². The van der Waals surface area contributed by atoms with Crippen molar-refractivity contribution in [1.82, 2.24) is 0 Å². The topological polar surface area (TPSA) is 12.0 Å². The first-order chi connectivity index (χ1) is 9.69. The first-order valence-electron chi connectivity index (χ1n) is 8.54. The summed E-state index contributed by atoms with van der Waals surface area (Å²) >= 11 is 0. The Labute approximate surface area is 125 Å². The second-order valence-electron chi connectivity index (χ2n) is 6.76. The maximum Gasteiger partial charge on any atom is 0.0342 e. The van der Waals surface area contributed by atoms with E-state index in [1.54, 1.807) is 0 Å². The minimum atomic E-state index is 0.673. The molecule has 3 atom stereocenters. The van der Waals surface area contributed by atoms with Crippen molar-refractivity contribution in [2.75, 3.05) is 5.32 Å². The van der Waals surface area contributed by atoms with E-state index in [4.69, 9.17) is 0 Å². The summed E-state index contributed by atoms with van der Waals surface area (Å²) < 4.78 is 0. The molecule has 0 amide bonds. The minimum Gasteiger partial charge on any atom is -0.382 e. The lowest BCUT2D eigenvalue weighted by atomic mass is 9.79. The highest BCUT2D eigenvalue weighted by atomic mass is 14.9. The average molecular weight is 273 g/mol. The van der Waals surface area contributed by atoms with Crippen LogP contribution < -0.4 is 5.32 Å². The molecule has 0 spiro atoms. The van der Waals surface area contributed by atoms with E-state index in [1.165, 1.54) is 56.2 Å². The number of hydrogen-bond acceptors (Lipinski definition) is 1. The third kappa shape index (κ3) is 4.54. The number of benzene rings is 1. The summed E-state index contributed by atoms with van der Waals surface area (Å²) in [6.07, 6.45) is 9.21. The fraction of sp³-hybridized carbons (Fsp3) is 0.684. The summed E-state index contributed by atoms with van der Waals surface area (Å²) in [5, 5.41) is 3.73. The van der Waals surface area contributed by atoms with Crippen LogP contribution in [0.5, 0.6) is 0 Å². The van der Waals surface area contributed by atoms with Gasteiger partial charge in [-0.3, -0.25) is 0 Å². The van der Waals surface area contributed by atoms with Crippen molar-refractivity contribution >= 4 is 5.69 Å². The maximum atomic E-state index is 3.73. The van der Waals surface area contributed by atoms with E-state index in [-0.39, 0.29) is 0 Å². The third-order valence-corrected chi connectivity index (χ3v) is 4.99. The second kappa shape index (κ2) is 7.71. The molecule has 0 radical (unpaired) electrons. The molecule has 1 aromatic rings.